The van der Waals surface area contributed by atoms with Gasteiger partial charge in [0.2, 0.25) is 0 Å². The lowest BCUT2D eigenvalue weighted by molar-refractivity contribution is 0.169. The number of hydrogen-bond donors (Lipinski definition) is 1. The minimum Gasteiger partial charge on any atom is -0.364 e. The number of hydrogen-bond acceptors (Lipinski definition) is 6. The van der Waals surface area contributed by atoms with Gasteiger partial charge in [-0.25, -0.2) is 4.99 Å². The van der Waals surface area contributed by atoms with Crippen molar-refractivity contribution in [3.8, 4) is 0 Å². The molecule has 0 aliphatic carbocycles. The number of fused-ring (bicyclic) bond motifs is 1. The molecule has 0 bridgehead atoms. The highest BCUT2D eigenvalue weighted by Gasteiger charge is 2.21. The SMILES string of the molecule is CCNC(=NCc1nnc2n1CCC2)N1CCN(Cc2ccon2)CC1. The monoisotopic (exact) mass is 358 g/mol. The van der Waals surface area contributed by atoms with Crippen LogP contribution in [0.5, 0.6) is 0 Å². The first-order chi connectivity index (χ1) is 12.8. The van der Waals surface area contributed by atoms with Crippen LogP contribution in [0.3, 0.4) is 0 Å². The lowest BCUT2D eigenvalue weighted by atomic mass is 10.3. The van der Waals surface area contributed by atoms with Gasteiger partial charge in [-0.2, -0.15) is 0 Å². The number of aryl methyl sites for hydroxylation is 1. The van der Waals surface area contributed by atoms with Crippen LogP contribution in [0, 0.1) is 0 Å². The summed E-state index contributed by atoms with van der Waals surface area (Å²) in [6.07, 6.45) is 3.82. The van der Waals surface area contributed by atoms with Crippen molar-refractivity contribution in [2.75, 3.05) is 32.7 Å². The summed E-state index contributed by atoms with van der Waals surface area (Å²) >= 11 is 0. The van der Waals surface area contributed by atoms with Crippen molar-refractivity contribution in [2.24, 2.45) is 4.99 Å². The summed E-state index contributed by atoms with van der Waals surface area (Å²) in [5.41, 5.74) is 0.986. The van der Waals surface area contributed by atoms with Crippen molar-refractivity contribution < 1.29 is 4.52 Å². The zero-order chi connectivity index (χ0) is 17.8. The first-order valence-corrected chi connectivity index (χ1v) is 9.39. The Labute approximate surface area is 153 Å². The second-order valence-electron chi connectivity index (χ2n) is 6.71. The van der Waals surface area contributed by atoms with Crippen molar-refractivity contribution in [3.05, 3.63) is 29.7 Å². The summed E-state index contributed by atoms with van der Waals surface area (Å²) < 4.78 is 7.13. The van der Waals surface area contributed by atoms with E-state index in [1.807, 2.05) is 6.07 Å². The summed E-state index contributed by atoms with van der Waals surface area (Å²) in [6.45, 7) is 9.25. The summed E-state index contributed by atoms with van der Waals surface area (Å²) in [5, 5.41) is 16.0. The lowest BCUT2D eigenvalue weighted by Crippen LogP contribution is -2.52. The van der Waals surface area contributed by atoms with Crippen LogP contribution in [-0.2, 0) is 26.1 Å². The van der Waals surface area contributed by atoms with Crippen LogP contribution in [0.4, 0.5) is 0 Å². The minimum absolute atomic E-state index is 0.578. The molecule has 0 radical (unpaired) electrons. The normalized spacial score (nSPS) is 18.3. The van der Waals surface area contributed by atoms with Crippen molar-refractivity contribution in [3.63, 3.8) is 0 Å². The van der Waals surface area contributed by atoms with Gasteiger partial charge < -0.3 is 19.3 Å². The molecular weight excluding hydrogens is 332 g/mol. The highest BCUT2D eigenvalue weighted by atomic mass is 16.5. The highest BCUT2D eigenvalue weighted by molar-refractivity contribution is 5.80. The molecule has 1 saturated heterocycles. The molecule has 2 aromatic rings. The molecule has 1 fully saturated rings. The number of aliphatic imine (C=N–C) groups is 1. The molecular formula is C17H26N8O. The molecule has 2 aliphatic rings. The number of rotatable bonds is 5. The van der Waals surface area contributed by atoms with Crippen molar-refractivity contribution in [1.29, 1.82) is 0 Å². The Kier molecular flexibility index (Phi) is 5.14. The van der Waals surface area contributed by atoms with E-state index in [4.69, 9.17) is 9.52 Å². The maximum absolute atomic E-state index is 4.92. The predicted octanol–water partition coefficient (Wildman–Crippen LogP) is 0.496. The molecule has 9 nitrogen and oxygen atoms in total. The topological polar surface area (TPSA) is 87.6 Å². The van der Waals surface area contributed by atoms with E-state index in [1.54, 1.807) is 6.26 Å². The second-order valence-corrected chi connectivity index (χ2v) is 6.71. The van der Waals surface area contributed by atoms with Gasteiger partial charge in [0.25, 0.3) is 0 Å². The molecule has 2 aromatic heterocycles. The summed E-state index contributed by atoms with van der Waals surface area (Å²) in [7, 11) is 0. The fourth-order valence-electron chi connectivity index (χ4n) is 3.57. The molecule has 0 atom stereocenters. The molecule has 2 aliphatic heterocycles. The lowest BCUT2D eigenvalue weighted by Gasteiger charge is -2.36. The molecule has 4 rings (SSSR count). The van der Waals surface area contributed by atoms with Gasteiger partial charge in [0.1, 0.15) is 18.6 Å². The van der Waals surface area contributed by atoms with Crippen LogP contribution in [0.2, 0.25) is 0 Å². The number of guanidine groups is 1. The van der Waals surface area contributed by atoms with Gasteiger partial charge in [-0.05, 0) is 13.3 Å². The fraction of sp³-hybridized carbons (Fsp3) is 0.647. The highest BCUT2D eigenvalue weighted by Crippen LogP contribution is 2.15. The van der Waals surface area contributed by atoms with Crippen molar-refractivity contribution in [1.82, 2.24) is 35.0 Å². The standard InChI is InChI=1S/C17H26N8O/c1-2-18-17(19-12-16-21-20-15-4-3-6-25(15)16)24-9-7-23(8-10-24)13-14-5-11-26-22-14/h5,11H,2-4,6-10,12-13H2,1H3,(H,18,19). The third-order valence-electron chi connectivity index (χ3n) is 4.94. The largest absolute Gasteiger partial charge is 0.364 e. The Morgan fingerprint density at radius 2 is 2.12 bits per heavy atom. The number of nitrogens with one attached hydrogen (secondary N) is 1. The van der Waals surface area contributed by atoms with Gasteiger partial charge in [-0.3, -0.25) is 4.90 Å². The molecule has 1 N–H and O–H groups in total. The van der Waals surface area contributed by atoms with E-state index in [9.17, 15) is 0 Å². The molecule has 0 saturated carbocycles. The molecule has 4 heterocycles. The zero-order valence-corrected chi connectivity index (χ0v) is 15.3. The summed E-state index contributed by atoms with van der Waals surface area (Å²) in [4.78, 5) is 9.54. The Morgan fingerprint density at radius 3 is 2.88 bits per heavy atom. The average molecular weight is 358 g/mol. The van der Waals surface area contributed by atoms with Crippen LogP contribution >= 0.6 is 0 Å². The molecule has 26 heavy (non-hydrogen) atoms. The quantitative estimate of drug-likeness (QED) is 0.615. The molecule has 9 heteroatoms. The minimum atomic E-state index is 0.578. The fourth-order valence-corrected chi connectivity index (χ4v) is 3.57. The van der Waals surface area contributed by atoms with E-state index in [0.717, 1.165) is 82.0 Å². The van der Waals surface area contributed by atoms with Gasteiger partial charge >= 0.3 is 0 Å². The zero-order valence-electron chi connectivity index (χ0n) is 15.3. The molecule has 0 unspecified atom stereocenters. The number of aromatic nitrogens is 4. The van der Waals surface area contributed by atoms with Crippen molar-refractivity contribution >= 4 is 5.96 Å². The maximum Gasteiger partial charge on any atom is 0.194 e. The third-order valence-corrected chi connectivity index (χ3v) is 4.94. The van der Waals surface area contributed by atoms with Crippen LogP contribution in [0.25, 0.3) is 0 Å². The van der Waals surface area contributed by atoms with Crippen molar-refractivity contribution in [2.45, 2.75) is 39.4 Å². The molecule has 0 amide bonds. The van der Waals surface area contributed by atoms with E-state index >= 15 is 0 Å². The molecule has 0 spiro atoms. The van der Waals surface area contributed by atoms with Crippen LogP contribution in [0.15, 0.2) is 21.8 Å². The van der Waals surface area contributed by atoms with E-state index < -0.39 is 0 Å². The number of piperazine rings is 1. The third kappa shape index (κ3) is 3.72. The summed E-state index contributed by atoms with van der Waals surface area (Å²) in [6, 6.07) is 1.93. The average Bonchev–Trinajstić information content (AvgIpc) is 3.39. The van der Waals surface area contributed by atoms with Crippen LogP contribution in [-0.4, -0.2) is 68.4 Å². The Hall–Kier alpha value is -2.42. The maximum atomic E-state index is 4.92. The first-order valence-electron chi connectivity index (χ1n) is 9.39. The van der Waals surface area contributed by atoms with E-state index in [2.05, 4.69) is 42.0 Å². The first kappa shape index (κ1) is 17.0. The van der Waals surface area contributed by atoms with E-state index in [-0.39, 0.29) is 0 Å². The molecule has 0 aromatic carbocycles. The Balaban J connectivity index is 1.35. The molecule has 140 valence electrons. The number of nitrogens with zero attached hydrogens (tertiary/aromatic N) is 7. The summed E-state index contributed by atoms with van der Waals surface area (Å²) in [5.74, 6) is 3.03. The second kappa shape index (κ2) is 7.86. The van der Waals surface area contributed by atoms with Gasteiger partial charge in [0.05, 0.1) is 5.69 Å². The van der Waals surface area contributed by atoms with Gasteiger partial charge in [0, 0.05) is 58.3 Å². The van der Waals surface area contributed by atoms with Gasteiger partial charge in [0.15, 0.2) is 11.8 Å². The Bertz CT molecular complexity index is 730. The van der Waals surface area contributed by atoms with Crippen LogP contribution in [0.1, 0.15) is 30.7 Å². The van der Waals surface area contributed by atoms with Gasteiger partial charge in [-0.15, -0.1) is 10.2 Å². The Morgan fingerprint density at radius 1 is 1.23 bits per heavy atom. The smallest absolute Gasteiger partial charge is 0.194 e. The van der Waals surface area contributed by atoms with Crippen LogP contribution < -0.4 is 5.32 Å². The van der Waals surface area contributed by atoms with E-state index in [1.165, 1.54) is 0 Å². The predicted molar refractivity (Wildman–Crippen MR) is 96.5 cm³/mol. The van der Waals surface area contributed by atoms with E-state index in [0.29, 0.717) is 6.54 Å². The van der Waals surface area contributed by atoms with Gasteiger partial charge in [-0.1, -0.05) is 5.16 Å².